The number of fused-ring (bicyclic) bond motifs is 2. The molecule has 7 nitrogen and oxygen atoms in total. The Labute approximate surface area is 177 Å². The predicted molar refractivity (Wildman–Crippen MR) is 115 cm³/mol. The summed E-state index contributed by atoms with van der Waals surface area (Å²) in [7, 11) is 0. The number of carbonyl (C=O) groups is 1. The Balaban J connectivity index is 0.000000667. The second-order valence-electron chi connectivity index (χ2n) is 7.73. The molecule has 1 fully saturated rings. The van der Waals surface area contributed by atoms with Crippen LogP contribution in [0.1, 0.15) is 38.7 Å². The van der Waals surface area contributed by atoms with Crippen molar-refractivity contribution in [2.75, 3.05) is 5.32 Å². The monoisotopic (exact) mass is 428 g/mol. The van der Waals surface area contributed by atoms with E-state index in [1.165, 1.54) is 25.5 Å². The van der Waals surface area contributed by atoms with E-state index in [-0.39, 0.29) is 10.9 Å². The highest BCUT2D eigenvalue weighted by molar-refractivity contribution is 6.35. The molecule has 3 aromatic heterocycles. The number of nitrogens with zero attached hydrogens (tertiary/aromatic N) is 4. The number of amides is 1. The number of imidazole rings is 1. The van der Waals surface area contributed by atoms with Gasteiger partial charge in [0, 0.05) is 22.7 Å². The van der Waals surface area contributed by atoms with E-state index in [4.69, 9.17) is 11.6 Å². The first-order valence-electron chi connectivity index (χ1n) is 9.87. The van der Waals surface area contributed by atoms with Gasteiger partial charge in [-0.25, -0.2) is 9.37 Å². The molecule has 2 N–H and O–H groups in total. The number of aromatic nitrogens is 5. The van der Waals surface area contributed by atoms with Gasteiger partial charge in [0.1, 0.15) is 5.82 Å². The Morgan fingerprint density at radius 1 is 1.30 bits per heavy atom. The van der Waals surface area contributed by atoms with Gasteiger partial charge in [0.15, 0.2) is 11.5 Å². The molecule has 0 radical (unpaired) electrons. The zero-order chi connectivity index (χ0) is 21.3. The quantitative estimate of drug-likeness (QED) is 0.438. The molecule has 0 aliphatic heterocycles. The topological polar surface area (TPSA) is 88.0 Å². The molecule has 9 heteroatoms. The largest absolute Gasteiger partial charge is 0.312 e. The summed E-state index contributed by atoms with van der Waals surface area (Å²) in [6.07, 6.45) is 12.1. The van der Waals surface area contributed by atoms with Crippen LogP contribution in [0.3, 0.4) is 0 Å². The maximum absolute atomic E-state index is 15.1. The second kappa shape index (κ2) is 8.39. The molecule has 0 spiro atoms. The van der Waals surface area contributed by atoms with Crippen molar-refractivity contribution < 1.29 is 9.18 Å². The molecule has 3 heterocycles. The maximum Gasteiger partial charge on any atom is 0.212 e. The number of hydrogen-bond donors (Lipinski definition) is 2. The third-order valence-electron chi connectivity index (χ3n) is 4.66. The number of benzene rings is 1. The summed E-state index contributed by atoms with van der Waals surface area (Å²) in [6.45, 7) is 4.03. The molecule has 30 heavy (non-hydrogen) atoms. The van der Waals surface area contributed by atoms with E-state index in [2.05, 4.69) is 25.5 Å². The lowest BCUT2D eigenvalue weighted by Crippen LogP contribution is -2.02. The van der Waals surface area contributed by atoms with Crippen molar-refractivity contribution in [2.24, 2.45) is 5.92 Å². The third kappa shape index (κ3) is 4.00. The molecule has 0 atom stereocenters. The molecule has 1 amide bonds. The van der Waals surface area contributed by atoms with E-state index < -0.39 is 5.82 Å². The molecule has 1 aliphatic carbocycles. The minimum Gasteiger partial charge on any atom is -0.312 e. The van der Waals surface area contributed by atoms with Gasteiger partial charge in [-0.05, 0) is 12.3 Å². The number of hydrogen-bond acceptors (Lipinski definition) is 4. The average molecular weight is 429 g/mol. The van der Waals surface area contributed by atoms with E-state index in [1.807, 2.05) is 13.8 Å². The maximum atomic E-state index is 15.1. The van der Waals surface area contributed by atoms with Gasteiger partial charge in [-0.1, -0.05) is 44.7 Å². The third-order valence-corrected chi connectivity index (χ3v) is 5.01. The van der Waals surface area contributed by atoms with E-state index in [1.54, 1.807) is 23.0 Å². The van der Waals surface area contributed by atoms with E-state index >= 15 is 4.39 Å². The van der Waals surface area contributed by atoms with Gasteiger partial charge in [-0.15, -0.1) is 0 Å². The van der Waals surface area contributed by atoms with Crippen LogP contribution in [0.15, 0.2) is 24.8 Å². The summed E-state index contributed by atoms with van der Waals surface area (Å²) in [6, 6.07) is 0. The average Bonchev–Trinajstić information content (AvgIpc) is 3.43. The van der Waals surface area contributed by atoms with Gasteiger partial charge in [0.05, 0.1) is 34.8 Å². The SMILES string of the molecule is C1CC1.CC(C)Cc1c(F)c(Cl)c(-c2cn3cc(NC=O)nc3cn2)c2cn[nH]c12. The lowest BCUT2D eigenvalue weighted by Gasteiger charge is -2.13. The molecule has 0 bridgehead atoms. The first-order chi connectivity index (χ1) is 14.5. The van der Waals surface area contributed by atoms with Crippen LogP contribution in [0.5, 0.6) is 0 Å². The van der Waals surface area contributed by atoms with Crippen LogP contribution in [0, 0.1) is 11.7 Å². The Kier molecular flexibility index (Phi) is 5.67. The van der Waals surface area contributed by atoms with Crippen molar-refractivity contribution >= 4 is 40.4 Å². The first kappa shape index (κ1) is 20.3. The fraction of sp³-hybridized carbons (Fsp3) is 0.333. The van der Waals surface area contributed by atoms with Gasteiger partial charge >= 0.3 is 0 Å². The second-order valence-corrected chi connectivity index (χ2v) is 8.10. The zero-order valence-corrected chi connectivity index (χ0v) is 17.5. The first-order valence-corrected chi connectivity index (χ1v) is 10.3. The highest BCUT2D eigenvalue weighted by Gasteiger charge is 2.22. The summed E-state index contributed by atoms with van der Waals surface area (Å²) in [5.74, 6) is 0.187. The van der Waals surface area contributed by atoms with Crippen molar-refractivity contribution in [3.05, 3.63) is 41.2 Å². The molecule has 0 unspecified atom stereocenters. The van der Waals surface area contributed by atoms with Crippen molar-refractivity contribution in [1.29, 1.82) is 0 Å². The zero-order valence-electron chi connectivity index (χ0n) is 16.7. The number of aromatic amines is 1. The Hall–Kier alpha value is -3.00. The lowest BCUT2D eigenvalue weighted by atomic mass is 9.96. The van der Waals surface area contributed by atoms with E-state index in [9.17, 15) is 4.79 Å². The van der Waals surface area contributed by atoms with E-state index in [0.717, 1.165) is 0 Å². The summed E-state index contributed by atoms with van der Waals surface area (Å²) < 4.78 is 16.7. The van der Waals surface area contributed by atoms with Crippen LogP contribution >= 0.6 is 11.6 Å². The van der Waals surface area contributed by atoms with Crippen LogP contribution in [-0.4, -0.2) is 31.0 Å². The summed E-state index contributed by atoms with van der Waals surface area (Å²) in [5.41, 5.74) is 2.62. The van der Waals surface area contributed by atoms with Crippen LogP contribution < -0.4 is 5.32 Å². The standard InChI is InChI=1S/C18H16ClFN6O.C3H6/c1-9(2)3-10-17(20)16(19)15(11-4-23-25-18(10)11)12-6-26-7-13(22-8-27)24-14(26)5-21-12;1-2-3-1/h4-9H,3H2,1-2H3,(H,22,27)(H,23,25);1-3H2. The molecular formula is C21H22ClFN6O. The summed E-state index contributed by atoms with van der Waals surface area (Å²) >= 11 is 6.42. The van der Waals surface area contributed by atoms with Crippen LogP contribution in [0.25, 0.3) is 27.8 Å². The van der Waals surface area contributed by atoms with Gasteiger partial charge in [-0.2, -0.15) is 5.10 Å². The fourth-order valence-corrected chi connectivity index (χ4v) is 3.50. The minimum atomic E-state index is -0.465. The number of carbonyl (C=O) groups excluding carboxylic acids is 1. The molecule has 1 aliphatic rings. The molecule has 156 valence electrons. The predicted octanol–water partition coefficient (Wildman–Crippen LogP) is 5.00. The Morgan fingerprint density at radius 3 is 2.73 bits per heavy atom. The molecule has 4 aromatic rings. The molecule has 1 aromatic carbocycles. The molecule has 5 rings (SSSR count). The van der Waals surface area contributed by atoms with Crippen molar-refractivity contribution in [1.82, 2.24) is 24.6 Å². The van der Waals surface area contributed by atoms with Gasteiger partial charge in [0.25, 0.3) is 0 Å². The van der Waals surface area contributed by atoms with Crippen molar-refractivity contribution in [3.63, 3.8) is 0 Å². The number of rotatable bonds is 5. The molecule has 1 saturated carbocycles. The summed E-state index contributed by atoms with van der Waals surface area (Å²) in [4.78, 5) is 19.2. The normalized spacial score (nSPS) is 12.8. The number of H-pyrrole nitrogens is 1. The fourth-order valence-electron chi connectivity index (χ4n) is 3.18. The minimum absolute atomic E-state index is 0.0118. The van der Waals surface area contributed by atoms with Crippen LogP contribution in [-0.2, 0) is 11.2 Å². The van der Waals surface area contributed by atoms with E-state index in [0.29, 0.717) is 52.0 Å². The highest BCUT2D eigenvalue weighted by atomic mass is 35.5. The number of anilines is 1. The molecule has 0 saturated heterocycles. The van der Waals surface area contributed by atoms with Crippen LogP contribution in [0.2, 0.25) is 5.02 Å². The number of halogens is 2. The van der Waals surface area contributed by atoms with Gasteiger partial charge in [-0.3, -0.25) is 14.9 Å². The smallest absolute Gasteiger partial charge is 0.212 e. The highest BCUT2D eigenvalue weighted by Crippen LogP contribution is 2.39. The van der Waals surface area contributed by atoms with Gasteiger partial charge < -0.3 is 9.72 Å². The lowest BCUT2D eigenvalue weighted by molar-refractivity contribution is -0.105. The Morgan fingerprint density at radius 2 is 2.07 bits per heavy atom. The van der Waals surface area contributed by atoms with Gasteiger partial charge in [0.2, 0.25) is 6.41 Å². The van der Waals surface area contributed by atoms with Crippen molar-refractivity contribution in [3.8, 4) is 11.3 Å². The number of nitrogens with one attached hydrogen (secondary N) is 2. The Bertz CT molecular complexity index is 1210. The molecular weight excluding hydrogens is 407 g/mol. The summed E-state index contributed by atoms with van der Waals surface area (Å²) in [5, 5.41) is 10.2. The van der Waals surface area contributed by atoms with Crippen molar-refractivity contribution in [2.45, 2.75) is 39.5 Å². The van der Waals surface area contributed by atoms with Crippen LogP contribution in [0.4, 0.5) is 10.2 Å².